The fraction of sp³-hybridized carbons (Fsp3) is 0.0769. The summed E-state index contributed by atoms with van der Waals surface area (Å²) in [5, 5.41) is 3.93. The van der Waals surface area contributed by atoms with Crippen LogP contribution >= 0.6 is 27.3 Å². The van der Waals surface area contributed by atoms with E-state index < -0.39 is 0 Å². The van der Waals surface area contributed by atoms with Gasteiger partial charge in [-0.05, 0) is 40.2 Å². The molecule has 3 aromatic rings. The van der Waals surface area contributed by atoms with E-state index in [1.807, 2.05) is 24.3 Å². The molecule has 0 spiro atoms. The minimum atomic E-state index is 0.211. The maximum absolute atomic E-state index is 5.68. The number of aromatic nitrogens is 2. The van der Waals surface area contributed by atoms with Gasteiger partial charge in [-0.1, -0.05) is 11.2 Å². The van der Waals surface area contributed by atoms with Gasteiger partial charge in [0.2, 0.25) is 5.82 Å². The van der Waals surface area contributed by atoms with Crippen LogP contribution in [0.1, 0.15) is 5.89 Å². The Balaban J connectivity index is 1.68. The molecule has 102 valence electrons. The molecule has 2 aromatic heterocycles. The molecule has 0 aliphatic rings. The lowest BCUT2D eigenvalue weighted by Crippen LogP contribution is -1.96. The SMILES string of the molecule is Nc1cccc(OCc2nc(-c3ccc(Br)s3)no2)c1. The Morgan fingerprint density at radius 3 is 2.95 bits per heavy atom. The minimum absolute atomic E-state index is 0.211. The van der Waals surface area contributed by atoms with Crippen LogP contribution in [0.5, 0.6) is 5.75 Å². The van der Waals surface area contributed by atoms with Crippen molar-refractivity contribution in [3.05, 3.63) is 46.1 Å². The maximum atomic E-state index is 5.68. The van der Waals surface area contributed by atoms with E-state index in [0.29, 0.717) is 23.2 Å². The number of hydrogen-bond acceptors (Lipinski definition) is 6. The van der Waals surface area contributed by atoms with E-state index in [0.717, 1.165) is 8.66 Å². The highest BCUT2D eigenvalue weighted by atomic mass is 79.9. The maximum Gasteiger partial charge on any atom is 0.264 e. The Morgan fingerprint density at radius 2 is 2.20 bits per heavy atom. The van der Waals surface area contributed by atoms with Crippen LogP contribution in [-0.4, -0.2) is 10.1 Å². The molecule has 0 fully saturated rings. The second kappa shape index (κ2) is 5.64. The van der Waals surface area contributed by atoms with Crippen LogP contribution in [0.4, 0.5) is 5.69 Å². The summed E-state index contributed by atoms with van der Waals surface area (Å²) in [5.41, 5.74) is 6.33. The van der Waals surface area contributed by atoms with E-state index in [2.05, 4.69) is 26.1 Å². The first-order chi connectivity index (χ1) is 9.70. The first-order valence-corrected chi connectivity index (χ1v) is 7.38. The van der Waals surface area contributed by atoms with Gasteiger partial charge >= 0.3 is 0 Å². The molecule has 5 nitrogen and oxygen atoms in total. The van der Waals surface area contributed by atoms with Crippen molar-refractivity contribution in [2.45, 2.75) is 6.61 Å². The number of ether oxygens (including phenoxy) is 1. The number of benzene rings is 1. The van der Waals surface area contributed by atoms with Crippen LogP contribution in [0.3, 0.4) is 0 Å². The van der Waals surface area contributed by atoms with Crippen molar-refractivity contribution in [3.63, 3.8) is 0 Å². The Kier molecular flexibility index (Phi) is 3.70. The number of anilines is 1. The van der Waals surface area contributed by atoms with Crippen molar-refractivity contribution in [1.82, 2.24) is 10.1 Å². The molecular weight excluding hydrogens is 342 g/mol. The lowest BCUT2D eigenvalue weighted by Gasteiger charge is -2.02. The lowest BCUT2D eigenvalue weighted by atomic mass is 10.3. The molecule has 20 heavy (non-hydrogen) atoms. The summed E-state index contributed by atoms with van der Waals surface area (Å²) in [7, 11) is 0. The molecule has 0 aliphatic heterocycles. The van der Waals surface area contributed by atoms with Gasteiger partial charge < -0.3 is 15.0 Å². The van der Waals surface area contributed by atoms with E-state index in [1.54, 1.807) is 23.5 Å². The molecule has 0 amide bonds. The minimum Gasteiger partial charge on any atom is -0.484 e. The Bertz CT molecular complexity index is 726. The van der Waals surface area contributed by atoms with Gasteiger partial charge in [0.15, 0.2) is 6.61 Å². The number of rotatable bonds is 4. The summed E-state index contributed by atoms with van der Waals surface area (Å²) in [4.78, 5) is 5.23. The molecule has 3 rings (SSSR count). The molecule has 0 saturated heterocycles. The third-order valence-corrected chi connectivity index (χ3v) is 4.10. The highest BCUT2D eigenvalue weighted by molar-refractivity contribution is 9.11. The molecular formula is C13H10BrN3O2S. The lowest BCUT2D eigenvalue weighted by molar-refractivity contribution is 0.243. The van der Waals surface area contributed by atoms with Gasteiger partial charge in [-0.15, -0.1) is 11.3 Å². The molecule has 7 heteroatoms. The standard InChI is InChI=1S/C13H10BrN3O2S/c14-11-5-4-10(20-11)13-16-12(19-17-13)7-18-9-3-1-2-8(15)6-9/h1-6H,7,15H2. The van der Waals surface area contributed by atoms with Gasteiger partial charge in [-0.25, -0.2) is 0 Å². The molecule has 0 atom stereocenters. The molecule has 0 bridgehead atoms. The number of thiophene rings is 1. The molecule has 2 N–H and O–H groups in total. The summed E-state index contributed by atoms with van der Waals surface area (Å²) >= 11 is 4.95. The quantitative estimate of drug-likeness (QED) is 0.725. The first kappa shape index (κ1) is 13.1. The second-order valence-electron chi connectivity index (χ2n) is 3.98. The third kappa shape index (κ3) is 3.00. The zero-order valence-electron chi connectivity index (χ0n) is 10.2. The number of halogens is 1. The van der Waals surface area contributed by atoms with Crippen LogP contribution < -0.4 is 10.5 Å². The summed E-state index contributed by atoms with van der Waals surface area (Å²) in [5.74, 6) is 1.66. The number of hydrogen-bond donors (Lipinski definition) is 1. The smallest absolute Gasteiger partial charge is 0.264 e. The third-order valence-electron chi connectivity index (χ3n) is 2.48. The average molecular weight is 352 g/mol. The molecule has 0 radical (unpaired) electrons. The van der Waals surface area contributed by atoms with Crippen molar-refractivity contribution in [1.29, 1.82) is 0 Å². The van der Waals surface area contributed by atoms with Gasteiger partial charge in [-0.2, -0.15) is 4.98 Å². The van der Waals surface area contributed by atoms with E-state index in [1.165, 1.54) is 0 Å². The largest absolute Gasteiger partial charge is 0.484 e. The first-order valence-electron chi connectivity index (χ1n) is 5.77. The molecule has 1 aromatic carbocycles. The van der Waals surface area contributed by atoms with Crippen molar-refractivity contribution >= 4 is 33.0 Å². The summed E-state index contributed by atoms with van der Waals surface area (Å²) in [6.45, 7) is 0.211. The molecule has 0 saturated carbocycles. The zero-order chi connectivity index (χ0) is 13.9. The fourth-order valence-corrected chi connectivity index (χ4v) is 2.91. The van der Waals surface area contributed by atoms with E-state index in [-0.39, 0.29) is 6.61 Å². The van der Waals surface area contributed by atoms with Crippen molar-refractivity contribution in [2.24, 2.45) is 0 Å². The normalized spacial score (nSPS) is 10.7. The van der Waals surface area contributed by atoms with Crippen LogP contribution in [0.2, 0.25) is 0 Å². The number of nitrogens with two attached hydrogens (primary N) is 1. The Hall–Kier alpha value is -1.86. The topological polar surface area (TPSA) is 74.2 Å². The Labute approximate surface area is 127 Å². The van der Waals surface area contributed by atoms with Crippen LogP contribution in [0, 0.1) is 0 Å². The summed E-state index contributed by atoms with van der Waals surface area (Å²) < 4.78 is 11.7. The fourth-order valence-electron chi connectivity index (χ4n) is 1.60. The van der Waals surface area contributed by atoms with Gasteiger partial charge in [0.05, 0.1) is 8.66 Å². The van der Waals surface area contributed by atoms with Crippen LogP contribution in [0.15, 0.2) is 44.7 Å². The summed E-state index contributed by atoms with van der Waals surface area (Å²) in [6, 6.07) is 11.1. The van der Waals surface area contributed by atoms with Gasteiger partial charge in [0.25, 0.3) is 5.89 Å². The van der Waals surface area contributed by atoms with Crippen LogP contribution in [-0.2, 0) is 6.61 Å². The predicted molar refractivity (Wildman–Crippen MR) is 80.5 cm³/mol. The monoisotopic (exact) mass is 351 g/mol. The van der Waals surface area contributed by atoms with Gasteiger partial charge in [-0.3, -0.25) is 0 Å². The molecule has 0 aliphatic carbocycles. The molecule has 2 heterocycles. The number of nitrogen functional groups attached to an aromatic ring is 1. The van der Waals surface area contributed by atoms with Crippen molar-refractivity contribution < 1.29 is 9.26 Å². The predicted octanol–water partition coefficient (Wildman–Crippen LogP) is 3.72. The Morgan fingerprint density at radius 1 is 1.30 bits per heavy atom. The highest BCUT2D eigenvalue weighted by Gasteiger charge is 2.11. The molecule has 0 unspecified atom stereocenters. The van der Waals surface area contributed by atoms with E-state index >= 15 is 0 Å². The highest BCUT2D eigenvalue weighted by Crippen LogP contribution is 2.29. The van der Waals surface area contributed by atoms with Crippen molar-refractivity contribution in [2.75, 3.05) is 5.73 Å². The summed E-state index contributed by atoms with van der Waals surface area (Å²) in [6.07, 6.45) is 0. The van der Waals surface area contributed by atoms with Gasteiger partial charge in [0, 0.05) is 11.8 Å². The van der Waals surface area contributed by atoms with E-state index in [4.69, 9.17) is 15.0 Å². The zero-order valence-corrected chi connectivity index (χ0v) is 12.6. The van der Waals surface area contributed by atoms with E-state index in [9.17, 15) is 0 Å². The van der Waals surface area contributed by atoms with Gasteiger partial charge in [0.1, 0.15) is 5.75 Å². The van der Waals surface area contributed by atoms with Crippen molar-refractivity contribution in [3.8, 4) is 16.5 Å². The van der Waals surface area contributed by atoms with Crippen LogP contribution in [0.25, 0.3) is 10.7 Å². The second-order valence-corrected chi connectivity index (χ2v) is 6.44. The number of nitrogens with zero attached hydrogens (tertiary/aromatic N) is 2. The average Bonchev–Trinajstić information content (AvgIpc) is 3.05.